The van der Waals surface area contributed by atoms with Crippen molar-refractivity contribution in [1.82, 2.24) is 4.90 Å². The molecule has 2 heterocycles. The van der Waals surface area contributed by atoms with Gasteiger partial charge in [-0.25, -0.2) is 9.59 Å². The summed E-state index contributed by atoms with van der Waals surface area (Å²) in [6.07, 6.45) is 1.37. The number of para-hydroxylation sites is 1. The number of carboxylic acids is 2. The Balaban J connectivity index is 0.000000599. The summed E-state index contributed by atoms with van der Waals surface area (Å²) in [4.78, 5) is 20.6. The smallest absolute Gasteiger partial charge is 0.414 e. The number of carbonyl (C=O) groups is 2. The molecule has 0 amide bonds. The number of nitrogens with two attached hydrogens (primary N) is 1. The van der Waals surface area contributed by atoms with Crippen molar-refractivity contribution in [1.29, 1.82) is 0 Å². The molecule has 2 aromatic carbocycles. The van der Waals surface area contributed by atoms with Gasteiger partial charge in [0, 0.05) is 31.6 Å². The van der Waals surface area contributed by atoms with Crippen LogP contribution in [0.4, 0.5) is 0 Å². The van der Waals surface area contributed by atoms with Crippen molar-refractivity contribution in [2.45, 2.75) is 38.3 Å². The molecule has 1 atom stereocenters. The lowest BCUT2D eigenvalue weighted by Gasteiger charge is -2.28. The molecular formula is C27H36N2O9. The van der Waals surface area contributed by atoms with Crippen molar-refractivity contribution in [2.75, 3.05) is 46.2 Å². The lowest BCUT2D eigenvalue weighted by atomic mass is 9.93. The lowest BCUT2D eigenvalue weighted by Crippen LogP contribution is -2.37. The number of carboxylic acid groups (broad SMARTS) is 2. The Morgan fingerprint density at radius 2 is 1.79 bits per heavy atom. The van der Waals surface area contributed by atoms with Gasteiger partial charge < -0.3 is 39.6 Å². The van der Waals surface area contributed by atoms with E-state index < -0.39 is 17.5 Å². The first-order chi connectivity index (χ1) is 18.1. The van der Waals surface area contributed by atoms with E-state index in [0.717, 1.165) is 50.6 Å². The topological polar surface area (TPSA) is 150 Å². The molecule has 0 bridgehead atoms. The molecule has 1 fully saturated rings. The number of aliphatic carboxylic acids is 2. The molecule has 0 saturated carbocycles. The molecule has 208 valence electrons. The minimum Gasteiger partial charge on any atom is -0.494 e. The van der Waals surface area contributed by atoms with Crippen LogP contribution in [0.1, 0.15) is 38.4 Å². The van der Waals surface area contributed by atoms with E-state index in [2.05, 4.69) is 11.0 Å². The highest BCUT2D eigenvalue weighted by Crippen LogP contribution is 2.43. The van der Waals surface area contributed by atoms with Gasteiger partial charge in [0.15, 0.2) is 11.5 Å². The number of rotatable bonds is 10. The Kier molecular flexibility index (Phi) is 10.6. The van der Waals surface area contributed by atoms with Gasteiger partial charge in [-0.15, -0.1) is 0 Å². The number of hydrogen-bond acceptors (Lipinski definition) is 9. The predicted molar refractivity (Wildman–Crippen MR) is 138 cm³/mol. The van der Waals surface area contributed by atoms with Crippen molar-refractivity contribution in [3.05, 3.63) is 48.0 Å². The molecule has 0 radical (unpaired) electrons. The highest BCUT2D eigenvalue weighted by molar-refractivity contribution is 6.27. The molecule has 4 rings (SSSR count). The average Bonchev–Trinajstić information content (AvgIpc) is 3.37. The number of hydrogen-bond donors (Lipinski definition) is 3. The summed E-state index contributed by atoms with van der Waals surface area (Å²) in [6.45, 7) is 9.56. The zero-order valence-electron chi connectivity index (χ0n) is 21.8. The fourth-order valence-corrected chi connectivity index (χ4v) is 3.96. The fraction of sp³-hybridized carbons (Fsp3) is 0.481. The van der Waals surface area contributed by atoms with Gasteiger partial charge in [-0.1, -0.05) is 18.2 Å². The minimum atomic E-state index is -1.82. The minimum absolute atomic E-state index is 0.205. The second-order valence-electron chi connectivity index (χ2n) is 9.63. The molecule has 1 saturated heterocycles. The highest BCUT2D eigenvalue weighted by atomic mass is 16.7. The Morgan fingerprint density at radius 3 is 2.47 bits per heavy atom. The maximum atomic E-state index is 9.10. The van der Waals surface area contributed by atoms with Crippen LogP contribution in [0.3, 0.4) is 0 Å². The van der Waals surface area contributed by atoms with E-state index in [0.29, 0.717) is 30.3 Å². The van der Waals surface area contributed by atoms with Crippen LogP contribution in [0, 0.1) is 0 Å². The van der Waals surface area contributed by atoms with Gasteiger partial charge in [-0.2, -0.15) is 0 Å². The molecule has 0 aliphatic carbocycles. The first-order valence-electron chi connectivity index (χ1n) is 12.5. The first kappa shape index (κ1) is 29.0. The largest absolute Gasteiger partial charge is 0.494 e. The third-order valence-corrected chi connectivity index (χ3v) is 5.75. The van der Waals surface area contributed by atoms with E-state index >= 15 is 0 Å². The number of nitrogens with zero attached hydrogens (tertiary/aromatic N) is 1. The summed E-state index contributed by atoms with van der Waals surface area (Å²) in [5.41, 5.74) is 6.98. The van der Waals surface area contributed by atoms with Crippen molar-refractivity contribution in [3.8, 4) is 23.0 Å². The molecule has 0 aromatic heterocycles. The Bertz CT molecular complexity index is 1050. The third-order valence-electron chi connectivity index (χ3n) is 5.75. The average molecular weight is 533 g/mol. The molecule has 0 spiro atoms. The second-order valence-corrected chi connectivity index (χ2v) is 9.63. The standard InChI is InChI=1S/C25H34N2O5.C2H2O4/c1-25(2,26)17-23(32-22-9-4-8-21-24(22)31-18-30-21)19-6-3-7-20(16-19)29-13-5-10-27-11-14-28-15-12-27;3-1(4)2(5)6/h3-4,6-9,16,23H,5,10-15,17-18,26H2,1-2H3;(H,3,4)(H,5,6). The summed E-state index contributed by atoms with van der Waals surface area (Å²) in [5, 5.41) is 14.8. The summed E-state index contributed by atoms with van der Waals surface area (Å²) < 4.78 is 29.0. The van der Waals surface area contributed by atoms with Crippen LogP contribution in [0.5, 0.6) is 23.0 Å². The third kappa shape index (κ3) is 9.40. The van der Waals surface area contributed by atoms with E-state index in [4.69, 9.17) is 49.2 Å². The molecule has 11 nitrogen and oxygen atoms in total. The Hall–Kier alpha value is -3.54. The van der Waals surface area contributed by atoms with Gasteiger partial charge in [0.05, 0.1) is 19.8 Å². The van der Waals surface area contributed by atoms with E-state index in [1.54, 1.807) is 0 Å². The lowest BCUT2D eigenvalue weighted by molar-refractivity contribution is -0.159. The number of ether oxygens (including phenoxy) is 5. The normalized spacial score (nSPS) is 15.7. The monoisotopic (exact) mass is 532 g/mol. The molecule has 2 aromatic rings. The summed E-state index contributed by atoms with van der Waals surface area (Å²) >= 11 is 0. The quantitative estimate of drug-likeness (QED) is 0.306. The van der Waals surface area contributed by atoms with Crippen molar-refractivity contribution in [3.63, 3.8) is 0 Å². The molecule has 4 N–H and O–H groups in total. The van der Waals surface area contributed by atoms with Crippen LogP contribution in [0.2, 0.25) is 0 Å². The van der Waals surface area contributed by atoms with Gasteiger partial charge in [-0.05, 0) is 50.1 Å². The maximum Gasteiger partial charge on any atom is 0.414 e. The van der Waals surface area contributed by atoms with Crippen LogP contribution in [0.25, 0.3) is 0 Å². The summed E-state index contributed by atoms with van der Waals surface area (Å²) in [7, 11) is 0. The maximum absolute atomic E-state index is 9.10. The van der Waals surface area contributed by atoms with Gasteiger partial charge in [-0.3, -0.25) is 4.90 Å². The SMILES string of the molecule is CC(C)(N)CC(Oc1cccc2c1OCO2)c1cccc(OCCCN2CCOCC2)c1.O=C(O)C(=O)O. The predicted octanol–water partition coefficient (Wildman–Crippen LogP) is 2.92. The number of morpholine rings is 1. The highest BCUT2D eigenvalue weighted by Gasteiger charge is 2.26. The van der Waals surface area contributed by atoms with Gasteiger partial charge in [0.1, 0.15) is 11.9 Å². The van der Waals surface area contributed by atoms with Crippen LogP contribution < -0.4 is 24.7 Å². The van der Waals surface area contributed by atoms with E-state index in [1.807, 2.05) is 50.2 Å². The van der Waals surface area contributed by atoms with Crippen LogP contribution in [-0.2, 0) is 14.3 Å². The van der Waals surface area contributed by atoms with Crippen LogP contribution in [0.15, 0.2) is 42.5 Å². The summed E-state index contributed by atoms with van der Waals surface area (Å²) in [5.74, 6) is -0.810. The first-order valence-corrected chi connectivity index (χ1v) is 12.5. The van der Waals surface area contributed by atoms with Crippen molar-refractivity contribution < 1.29 is 43.5 Å². The van der Waals surface area contributed by atoms with Crippen molar-refractivity contribution in [2.24, 2.45) is 5.73 Å². The molecule has 38 heavy (non-hydrogen) atoms. The Morgan fingerprint density at radius 1 is 1.08 bits per heavy atom. The zero-order chi connectivity index (χ0) is 27.5. The molecule has 1 unspecified atom stereocenters. The van der Waals surface area contributed by atoms with Crippen molar-refractivity contribution >= 4 is 11.9 Å². The Labute approximate surface area is 222 Å². The van der Waals surface area contributed by atoms with E-state index in [-0.39, 0.29) is 12.9 Å². The number of fused-ring (bicyclic) bond motifs is 1. The molecule has 11 heteroatoms. The zero-order valence-corrected chi connectivity index (χ0v) is 21.8. The van der Waals surface area contributed by atoms with E-state index in [1.165, 1.54) is 0 Å². The van der Waals surface area contributed by atoms with Gasteiger partial charge >= 0.3 is 11.9 Å². The molecule has 2 aliphatic rings. The van der Waals surface area contributed by atoms with Gasteiger partial charge in [0.25, 0.3) is 0 Å². The molecular weight excluding hydrogens is 496 g/mol. The molecule has 2 aliphatic heterocycles. The second kappa shape index (κ2) is 13.8. The van der Waals surface area contributed by atoms with E-state index in [9.17, 15) is 0 Å². The fourth-order valence-electron chi connectivity index (χ4n) is 3.96. The van der Waals surface area contributed by atoms with Crippen LogP contribution in [-0.4, -0.2) is 78.8 Å². The van der Waals surface area contributed by atoms with Gasteiger partial charge in [0.2, 0.25) is 12.5 Å². The van der Waals surface area contributed by atoms with Crippen LogP contribution >= 0.6 is 0 Å². The number of benzene rings is 2. The summed E-state index contributed by atoms with van der Waals surface area (Å²) in [6, 6.07) is 13.8.